The minimum absolute atomic E-state index is 0.172. The maximum Gasteiger partial charge on any atom is 0.433 e. The number of hydrogen-bond donors (Lipinski definition) is 1. The van der Waals surface area contributed by atoms with E-state index in [1.54, 1.807) is 6.07 Å². The standard InChI is InChI=1S/C15H23F3N2/c1-4-8-19-13(9-11(2)3)10-12-6-5-7-14(20-12)15(16,17)18/h5-7,11,13,19H,4,8-10H2,1-3H3. The largest absolute Gasteiger partial charge is 0.433 e. The van der Waals surface area contributed by atoms with Gasteiger partial charge in [0.15, 0.2) is 0 Å². The van der Waals surface area contributed by atoms with Crippen molar-refractivity contribution in [1.29, 1.82) is 0 Å². The summed E-state index contributed by atoms with van der Waals surface area (Å²) >= 11 is 0. The van der Waals surface area contributed by atoms with E-state index in [1.807, 2.05) is 0 Å². The van der Waals surface area contributed by atoms with Gasteiger partial charge in [-0.2, -0.15) is 13.2 Å². The van der Waals surface area contributed by atoms with Crippen molar-refractivity contribution in [3.63, 3.8) is 0 Å². The molecule has 0 spiro atoms. The molecule has 0 aliphatic rings. The normalized spacial score (nSPS) is 13.8. The maximum atomic E-state index is 12.6. The molecule has 0 bridgehead atoms. The van der Waals surface area contributed by atoms with Gasteiger partial charge in [-0.3, -0.25) is 0 Å². The minimum Gasteiger partial charge on any atom is -0.314 e. The van der Waals surface area contributed by atoms with Crippen molar-refractivity contribution in [3.8, 4) is 0 Å². The van der Waals surface area contributed by atoms with Crippen molar-refractivity contribution in [2.24, 2.45) is 5.92 Å². The Hall–Kier alpha value is -1.10. The second-order valence-electron chi connectivity index (χ2n) is 5.50. The Kier molecular flexibility index (Phi) is 6.46. The molecule has 1 rings (SSSR count). The molecule has 1 heterocycles. The zero-order valence-corrected chi connectivity index (χ0v) is 12.3. The van der Waals surface area contributed by atoms with Gasteiger partial charge in [-0.05, 0) is 37.4 Å². The Bertz CT molecular complexity index is 402. The van der Waals surface area contributed by atoms with Crippen molar-refractivity contribution >= 4 is 0 Å². The molecule has 1 atom stereocenters. The Morgan fingerprint density at radius 3 is 2.50 bits per heavy atom. The van der Waals surface area contributed by atoms with Crippen LogP contribution in [-0.2, 0) is 12.6 Å². The van der Waals surface area contributed by atoms with E-state index in [0.717, 1.165) is 25.5 Å². The molecule has 1 aromatic rings. The number of halogens is 3. The van der Waals surface area contributed by atoms with Crippen LogP contribution < -0.4 is 5.32 Å². The molecule has 0 saturated carbocycles. The van der Waals surface area contributed by atoms with E-state index in [4.69, 9.17) is 0 Å². The van der Waals surface area contributed by atoms with E-state index >= 15 is 0 Å². The molecule has 1 unspecified atom stereocenters. The van der Waals surface area contributed by atoms with Crippen LogP contribution >= 0.6 is 0 Å². The highest BCUT2D eigenvalue weighted by atomic mass is 19.4. The average Bonchev–Trinajstić information content (AvgIpc) is 2.34. The topological polar surface area (TPSA) is 24.9 Å². The van der Waals surface area contributed by atoms with Gasteiger partial charge in [0.2, 0.25) is 0 Å². The summed E-state index contributed by atoms with van der Waals surface area (Å²) in [6, 6.07) is 4.28. The van der Waals surface area contributed by atoms with Gasteiger partial charge in [-0.1, -0.05) is 26.8 Å². The smallest absolute Gasteiger partial charge is 0.314 e. The number of hydrogen-bond acceptors (Lipinski definition) is 2. The van der Waals surface area contributed by atoms with Crippen LogP contribution in [0, 0.1) is 5.92 Å². The van der Waals surface area contributed by atoms with Crippen molar-refractivity contribution in [2.45, 2.75) is 52.3 Å². The third kappa shape index (κ3) is 5.90. The second kappa shape index (κ2) is 7.62. The summed E-state index contributed by atoms with van der Waals surface area (Å²) in [6.45, 7) is 7.17. The SMILES string of the molecule is CCCNC(Cc1cccc(C(F)(F)F)n1)CC(C)C. The summed E-state index contributed by atoms with van der Waals surface area (Å²) in [5.74, 6) is 0.496. The first-order valence-corrected chi connectivity index (χ1v) is 7.09. The molecule has 20 heavy (non-hydrogen) atoms. The van der Waals surface area contributed by atoms with E-state index in [2.05, 4.69) is 31.1 Å². The van der Waals surface area contributed by atoms with Crippen LogP contribution in [0.3, 0.4) is 0 Å². The summed E-state index contributed by atoms with van der Waals surface area (Å²) in [5, 5.41) is 3.39. The minimum atomic E-state index is -4.37. The summed E-state index contributed by atoms with van der Waals surface area (Å²) in [5.41, 5.74) is -0.317. The van der Waals surface area contributed by atoms with Gasteiger partial charge in [-0.25, -0.2) is 4.98 Å². The predicted octanol–water partition coefficient (Wildman–Crippen LogP) is 4.06. The second-order valence-corrected chi connectivity index (χ2v) is 5.50. The number of pyridine rings is 1. The number of aromatic nitrogens is 1. The lowest BCUT2D eigenvalue weighted by Gasteiger charge is -2.20. The van der Waals surface area contributed by atoms with Gasteiger partial charge < -0.3 is 5.32 Å². The molecular weight excluding hydrogens is 265 g/mol. The lowest BCUT2D eigenvalue weighted by Crippen LogP contribution is -2.33. The van der Waals surface area contributed by atoms with Crippen molar-refractivity contribution < 1.29 is 13.2 Å². The first kappa shape index (κ1) is 17.0. The monoisotopic (exact) mass is 288 g/mol. The third-order valence-electron chi connectivity index (χ3n) is 2.99. The summed E-state index contributed by atoms with van der Waals surface area (Å²) < 4.78 is 37.9. The molecule has 2 nitrogen and oxygen atoms in total. The molecule has 0 aromatic carbocycles. The van der Waals surface area contributed by atoms with Crippen LogP contribution in [0.25, 0.3) is 0 Å². The van der Waals surface area contributed by atoms with Crippen molar-refractivity contribution in [3.05, 3.63) is 29.6 Å². The molecule has 0 fully saturated rings. The molecule has 1 N–H and O–H groups in total. The first-order valence-electron chi connectivity index (χ1n) is 7.09. The maximum absolute atomic E-state index is 12.6. The highest BCUT2D eigenvalue weighted by Crippen LogP contribution is 2.27. The molecule has 0 aliphatic heterocycles. The number of nitrogens with zero attached hydrogens (tertiary/aromatic N) is 1. The summed E-state index contributed by atoms with van der Waals surface area (Å²) in [4.78, 5) is 3.73. The van der Waals surface area contributed by atoms with Crippen molar-refractivity contribution in [1.82, 2.24) is 10.3 Å². The van der Waals surface area contributed by atoms with Gasteiger partial charge in [-0.15, -0.1) is 0 Å². The van der Waals surface area contributed by atoms with E-state index in [0.29, 0.717) is 18.0 Å². The van der Waals surface area contributed by atoms with Gasteiger partial charge in [0, 0.05) is 18.2 Å². The molecule has 0 aliphatic carbocycles. The van der Waals surface area contributed by atoms with Crippen LogP contribution in [-0.4, -0.2) is 17.6 Å². The van der Waals surface area contributed by atoms with Crippen LogP contribution in [0.1, 0.15) is 45.0 Å². The summed E-state index contributed by atoms with van der Waals surface area (Å²) in [7, 11) is 0. The van der Waals surface area contributed by atoms with Crippen LogP contribution in [0.4, 0.5) is 13.2 Å². The van der Waals surface area contributed by atoms with Gasteiger partial charge in [0.05, 0.1) is 0 Å². The number of nitrogens with one attached hydrogen (secondary N) is 1. The fourth-order valence-electron chi connectivity index (χ4n) is 2.16. The highest BCUT2D eigenvalue weighted by molar-refractivity contribution is 5.14. The Morgan fingerprint density at radius 1 is 1.25 bits per heavy atom. The molecule has 5 heteroatoms. The third-order valence-corrected chi connectivity index (χ3v) is 2.99. The van der Waals surface area contributed by atoms with E-state index in [-0.39, 0.29) is 6.04 Å². The molecular formula is C15H23F3N2. The first-order chi connectivity index (χ1) is 9.32. The summed E-state index contributed by atoms with van der Waals surface area (Å²) in [6.07, 6.45) is -1.91. The van der Waals surface area contributed by atoms with Gasteiger partial charge in [0.25, 0.3) is 0 Å². The molecule has 114 valence electrons. The van der Waals surface area contributed by atoms with E-state index in [1.165, 1.54) is 6.07 Å². The fraction of sp³-hybridized carbons (Fsp3) is 0.667. The van der Waals surface area contributed by atoms with Gasteiger partial charge >= 0.3 is 6.18 Å². The lowest BCUT2D eigenvalue weighted by atomic mass is 9.99. The quantitative estimate of drug-likeness (QED) is 0.818. The Labute approximate surface area is 118 Å². The molecule has 0 radical (unpaired) electrons. The van der Waals surface area contributed by atoms with Crippen LogP contribution in [0.15, 0.2) is 18.2 Å². The highest BCUT2D eigenvalue weighted by Gasteiger charge is 2.32. The molecule has 0 saturated heterocycles. The number of rotatable bonds is 7. The molecule has 1 aromatic heterocycles. The van der Waals surface area contributed by atoms with Crippen molar-refractivity contribution in [2.75, 3.05) is 6.54 Å². The number of alkyl halides is 3. The predicted molar refractivity (Wildman–Crippen MR) is 74.5 cm³/mol. The van der Waals surface area contributed by atoms with E-state index < -0.39 is 11.9 Å². The zero-order chi connectivity index (χ0) is 15.2. The zero-order valence-electron chi connectivity index (χ0n) is 12.3. The van der Waals surface area contributed by atoms with Crippen LogP contribution in [0.2, 0.25) is 0 Å². The Balaban J connectivity index is 2.77. The van der Waals surface area contributed by atoms with Crippen LogP contribution in [0.5, 0.6) is 0 Å². The fourth-order valence-corrected chi connectivity index (χ4v) is 2.16. The van der Waals surface area contributed by atoms with E-state index in [9.17, 15) is 13.2 Å². The average molecular weight is 288 g/mol. The van der Waals surface area contributed by atoms with Gasteiger partial charge in [0.1, 0.15) is 5.69 Å². The lowest BCUT2D eigenvalue weighted by molar-refractivity contribution is -0.141. The Morgan fingerprint density at radius 2 is 1.95 bits per heavy atom. The molecule has 0 amide bonds.